The molecule has 1 heterocycles. The standard InChI is InChI=1S/C14H21ClN4O/c1-18(2)14(5-4-6-14)9-19(3)13(20)10-7-11(15)12(16)17-8-10/h7-8H,4-6,9H2,1-3H3,(H2,16,17). The summed E-state index contributed by atoms with van der Waals surface area (Å²) in [6, 6.07) is 1.58. The molecule has 0 aromatic carbocycles. The first-order valence-corrected chi connectivity index (χ1v) is 7.07. The molecule has 0 bridgehead atoms. The van der Waals surface area contributed by atoms with Gasteiger partial charge in [0.15, 0.2) is 0 Å². The highest BCUT2D eigenvalue weighted by Gasteiger charge is 2.40. The fraction of sp³-hybridized carbons (Fsp3) is 0.571. The monoisotopic (exact) mass is 296 g/mol. The van der Waals surface area contributed by atoms with Gasteiger partial charge in [-0.1, -0.05) is 11.6 Å². The molecule has 1 fully saturated rings. The summed E-state index contributed by atoms with van der Waals surface area (Å²) in [5.74, 6) is 0.169. The molecule has 0 aliphatic heterocycles. The molecule has 0 radical (unpaired) electrons. The first kappa shape index (κ1) is 15.1. The molecule has 0 spiro atoms. The molecule has 1 aromatic heterocycles. The second-order valence-corrected chi connectivity index (χ2v) is 6.13. The zero-order valence-electron chi connectivity index (χ0n) is 12.2. The number of carbonyl (C=O) groups is 1. The van der Waals surface area contributed by atoms with E-state index in [1.54, 1.807) is 11.0 Å². The Hall–Kier alpha value is -1.33. The number of hydrogen-bond acceptors (Lipinski definition) is 4. The third-order valence-corrected chi connectivity index (χ3v) is 4.53. The van der Waals surface area contributed by atoms with Gasteiger partial charge >= 0.3 is 0 Å². The Morgan fingerprint density at radius 2 is 2.10 bits per heavy atom. The fourth-order valence-corrected chi connectivity index (χ4v) is 2.80. The molecule has 0 unspecified atom stereocenters. The molecule has 1 amide bonds. The van der Waals surface area contributed by atoms with Gasteiger partial charge in [0, 0.05) is 25.3 Å². The van der Waals surface area contributed by atoms with E-state index >= 15 is 0 Å². The zero-order chi connectivity index (χ0) is 14.9. The van der Waals surface area contributed by atoms with Crippen molar-refractivity contribution in [2.24, 2.45) is 0 Å². The minimum absolute atomic E-state index is 0.0764. The number of hydrogen-bond donors (Lipinski definition) is 1. The van der Waals surface area contributed by atoms with Crippen molar-refractivity contribution in [2.45, 2.75) is 24.8 Å². The topological polar surface area (TPSA) is 62.5 Å². The molecule has 0 atom stereocenters. The van der Waals surface area contributed by atoms with Crippen molar-refractivity contribution >= 4 is 23.3 Å². The van der Waals surface area contributed by atoms with Crippen LogP contribution in [0.15, 0.2) is 12.3 Å². The third-order valence-electron chi connectivity index (χ3n) is 4.23. The highest BCUT2D eigenvalue weighted by molar-refractivity contribution is 6.33. The zero-order valence-corrected chi connectivity index (χ0v) is 12.9. The van der Waals surface area contributed by atoms with Crippen LogP contribution in [0.5, 0.6) is 0 Å². The van der Waals surface area contributed by atoms with Crippen molar-refractivity contribution in [2.75, 3.05) is 33.4 Å². The van der Waals surface area contributed by atoms with Crippen LogP contribution in [-0.4, -0.2) is 53.9 Å². The van der Waals surface area contributed by atoms with Gasteiger partial charge in [-0.05, 0) is 39.4 Å². The van der Waals surface area contributed by atoms with Crippen LogP contribution in [0.25, 0.3) is 0 Å². The number of nitrogens with two attached hydrogens (primary N) is 1. The van der Waals surface area contributed by atoms with Crippen molar-refractivity contribution in [1.29, 1.82) is 0 Å². The number of nitrogen functional groups attached to an aromatic ring is 1. The Balaban J connectivity index is 2.10. The van der Waals surface area contributed by atoms with E-state index in [1.165, 1.54) is 12.6 Å². The van der Waals surface area contributed by atoms with E-state index in [0.29, 0.717) is 17.1 Å². The molecular formula is C14H21ClN4O. The molecule has 2 N–H and O–H groups in total. The molecule has 1 aliphatic rings. The molecule has 6 heteroatoms. The number of likely N-dealkylation sites (N-methyl/N-ethyl adjacent to an activating group) is 2. The molecule has 1 aromatic rings. The highest BCUT2D eigenvalue weighted by Crippen LogP contribution is 2.36. The summed E-state index contributed by atoms with van der Waals surface area (Å²) in [4.78, 5) is 20.3. The minimum Gasteiger partial charge on any atom is -0.382 e. The summed E-state index contributed by atoms with van der Waals surface area (Å²) in [5, 5.41) is 0.315. The second kappa shape index (κ2) is 5.58. The quantitative estimate of drug-likeness (QED) is 0.921. The van der Waals surface area contributed by atoms with Crippen LogP contribution < -0.4 is 5.73 Å². The van der Waals surface area contributed by atoms with Gasteiger partial charge < -0.3 is 15.5 Å². The van der Waals surface area contributed by atoms with E-state index in [9.17, 15) is 4.79 Å². The largest absolute Gasteiger partial charge is 0.382 e. The Bertz CT molecular complexity index is 514. The Morgan fingerprint density at radius 3 is 2.55 bits per heavy atom. The lowest BCUT2D eigenvalue weighted by atomic mass is 9.75. The average Bonchev–Trinajstić information content (AvgIpc) is 2.35. The maximum absolute atomic E-state index is 12.4. The van der Waals surface area contributed by atoms with E-state index in [0.717, 1.165) is 12.8 Å². The van der Waals surface area contributed by atoms with Gasteiger partial charge in [0.1, 0.15) is 5.82 Å². The Morgan fingerprint density at radius 1 is 1.45 bits per heavy atom. The normalized spacial score (nSPS) is 16.9. The lowest BCUT2D eigenvalue weighted by Crippen LogP contribution is -2.57. The predicted octanol–water partition coefficient (Wildman–Crippen LogP) is 1.87. The summed E-state index contributed by atoms with van der Waals surface area (Å²) in [6.45, 7) is 0.709. The van der Waals surface area contributed by atoms with Gasteiger partial charge in [0.05, 0.1) is 10.6 Å². The summed E-state index contributed by atoms with van der Waals surface area (Å²) < 4.78 is 0. The molecule has 2 rings (SSSR count). The molecule has 20 heavy (non-hydrogen) atoms. The van der Waals surface area contributed by atoms with E-state index in [2.05, 4.69) is 24.0 Å². The summed E-state index contributed by atoms with van der Waals surface area (Å²) in [5.41, 5.74) is 6.14. The number of anilines is 1. The Kier molecular flexibility index (Phi) is 4.20. The SMILES string of the molecule is CN(CC1(N(C)C)CCC1)C(=O)c1cnc(N)c(Cl)c1. The van der Waals surface area contributed by atoms with Crippen LogP contribution in [0, 0.1) is 0 Å². The molecular weight excluding hydrogens is 276 g/mol. The van der Waals surface area contributed by atoms with Crippen molar-refractivity contribution in [3.05, 3.63) is 22.8 Å². The van der Waals surface area contributed by atoms with Crippen molar-refractivity contribution in [1.82, 2.24) is 14.8 Å². The Labute approximate surface area is 124 Å². The third kappa shape index (κ3) is 2.74. The van der Waals surface area contributed by atoms with Crippen molar-refractivity contribution in [3.8, 4) is 0 Å². The molecule has 1 saturated carbocycles. The number of halogens is 1. The van der Waals surface area contributed by atoms with E-state index in [1.807, 2.05) is 7.05 Å². The lowest BCUT2D eigenvalue weighted by molar-refractivity contribution is 0.0252. The van der Waals surface area contributed by atoms with Gasteiger partial charge in [0.2, 0.25) is 0 Å². The van der Waals surface area contributed by atoms with Crippen LogP contribution in [0.4, 0.5) is 5.82 Å². The first-order valence-electron chi connectivity index (χ1n) is 6.70. The van der Waals surface area contributed by atoms with Crippen LogP contribution in [0.1, 0.15) is 29.6 Å². The second-order valence-electron chi connectivity index (χ2n) is 5.72. The minimum atomic E-state index is -0.0764. The first-order chi connectivity index (χ1) is 9.35. The van der Waals surface area contributed by atoms with Crippen LogP contribution in [-0.2, 0) is 0 Å². The summed E-state index contributed by atoms with van der Waals surface area (Å²) in [6.07, 6.45) is 4.94. The van der Waals surface area contributed by atoms with Crippen LogP contribution in [0.3, 0.4) is 0 Å². The number of aromatic nitrogens is 1. The van der Waals surface area contributed by atoms with Crippen LogP contribution in [0.2, 0.25) is 5.02 Å². The number of amides is 1. The lowest BCUT2D eigenvalue weighted by Gasteiger charge is -2.49. The maximum Gasteiger partial charge on any atom is 0.255 e. The van der Waals surface area contributed by atoms with Gasteiger partial charge in [0.25, 0.3) is 5.91 Å². The molecule has 0 saturated heterocycles. The smallest absolute Gasteiger partial charge is 0.255 e. The number of carbonyl (C=O) groups excluding carboxylic acids is 1. The van der Waals surface area contributed by atoms with Gasteiger partial charge in [-0.3, -0.25) is 4.79 Å². The maximum atomic E-state index is 12.4. The van der Waals surface area contributed by atoms with E-state index < -0.39 is 0 Å². The fourth-order valence-electron chi connectivity index (χ4n) is 2.63. The van der Waals surface area contributed by atoms with Crippen molar-refractivity contribution in [3.63, 3.8) is 0 Å². The van der Waals surface area contributed by atoms with E-state index in [-0.39, 0.29) is 17.3 Å². The van der Waals surface area contributed by atoms with Crippen LogP contribution >= 0.6 is 11.6 Å². The predicted molar refractivity (Wildman–Crippen MR) is 80.9 cm³/mol. The van der Waals surface area contributed by atoms with Crippen molar-refractivity contribution < 1.29 is 4.79 Å². The van der Waals surface area contributed by atoms with Gasteiger partial charge in [-0.2, -0.15) is 0 Å². The number of pyridine rings is 1. The summed E-state index contributed by atoms with van der Waals surface area (Å²) in [7, 11) is 5.95. The average molecular weight is 297 g/mol. The van der Waals surface area contributed by atoms with Gasteiger partial charge in [-0.15, -0.1) is 0 Å². The molecule has 110 valence electrons. The molecule has 5 nitrogen and oxygen atoms in total. The molecule has 1 aliphatic carbocycles. The summed E-state index contributed by atoms with van der Waals surface area (Å²) >= 11 is 5.92. The van der Waals surface area contributed by atoms with Gasteiger partial charge in [-0.25, -0.2) is 4.98 Å². The van der Waals surface area contributed by atoms with E-state index in [4.69, 9.17) is 17.3 Å². The highest BCUT2D eigenvalue weighted by atomic mass is 35.5. The number of rotatable bonds is 4. The number of nitrogens with zero attached hydrogens (tertiary/aromatic N) is 3.